The van der Waals surface area contributed by atoms with E-state index in [4.69, 9.17) is 0 Å². The van der Waals surface area contributed by atoms with Crippen LogP contribution in [0, 0.1) is 6.92 Å². The number of hydrogen-bond acceptors (Lipinski definition) is 2. The number of phenols is 1. The van der Waals surface area contributed by atoms with Gasteiger partial charge in [0, 0.05) is 18.7 Å². The number of phenolic OH excluding ortho intramolecular Hbond substituents is 1. The lowest BCUT2D eigenvalue weighted by atomic mass is 10.1. The van der Waals surface area contributed by atoms with Crippen LogP contribution in [0.2, 0.25) is 0 Å². The highest BCUT2D eigenvalue weighted by Crippen LogP contribution is 2.20. The normalized spacial score (nSPS) is 15.7. The van der Waals surface area contributed by atoms with E-state index >= 15 is 0 Å². The van der Waals surface area contributed by atoms with E-state index in [-0.39, 0.29) is 11.7 Å². The fourth-order valence-electron chi connectivity index (χ4n) is 1.85. The molecule has 0 spiro atoms. The van der Waals surface area contributed by atoms with Gasteiger partial charge in [-0.05, 0) is 37.5 Å². The molecule has 0 saturated carbocycles. The minimum absolute atomic E-state index is 0.0304. The molecule has 0 atom stereocenters. The minimum atomic E-state index is 0.0304. The number of nitrogens with zero attached hydrogens (tertiary/aromatic N) is 1. The molecule has 1 aromatic rings. The summed E-state index contributed by atoms with van der Waals surface area (Å²) in [6.07, 6.45) is 2.17. The first-order chi connectivity index (χ1) is 7.18. The summed E-state index contributed by atoms with van der Waals surface area (Å²) in [6.45, 7) is 3.50. The van der Waals surface area contributed by atoms with E-state index in [9.17, 15) is 9.90 Å². The molecule has 1 N–H and O–H groups in total. The van der Waals surface area contributed by atoms with Gasteiger partial charge in [0.05, 0.1) is 0 Å². The van der Waals surface area contributed by atoms with Gasteiger partial charge in [-0.1, -0.05) is 6.07 Å². The highest BCUT2D eigenvalue weighted by molar-refractivity contribution is 5.94. The molecule has 0 aromatic heterocycles. The first-order valence-electron chi connectivity index (χ1n) is 5.27. The fourth-order valence-corrected chi connectivity index (χ4v) is 1.85. The first-order valence-corrected chi connectivity index (χ1v) is 5.27. The van der Waals surface area contributed by atoms with Gasteiger partial charge in [0.25, 0.3) is 5.91 Å². The molecule has 1 fully saturated rings. The summed E-state index contributed by atoms with van der Waals surface area (Å²) in [7, 11) is 0. The number of rotatable bonds is 1. The third kappa shape index (κ3) is 1.96. The van der Waals surface area contributed by atoms with Gasteiger partial charge >= 0.3 is 0 Å². The summed E-state index contributed by atoms with van der Waals surface area (Å²) in [5.74, 6) is 0.225. The van der Waals surface area contributed by atoms with E-state index in [0.29, 0.717) is 5.56 Å². The van der Waals surface area contributed by atoms with Crippen LogP contribution in [-0.4, -0.2) is 29.0 Å². The van der Waals surface area contributed by atoms with Crippen LogP contribution in [0.25, 0.3) is 0 Å². The molecule has 0 unspecified atom stereocenters. The van der Waals surface area contributed by atoms with Crippen LogP contribution in [0.1, 0.15) is 28.8 Å². The molecule has 15 heavy (non-hydrogen) atoms. The van der Waals surface area contributed by atoms with Crippen molar-refractivity contribution in [3.05, 3.63) is 29.3 Å². The molecule has 0 aliphatic carbocycles. The molecule has 1 amide bonds. The zero-order chi connectivity index (χ0) is 10.8. The predicted octanol–water partition coefficient (Wildman–Crippen LogP) is 1.94. The van der Waals surface area contributed by atoms with Crippen molar-refractivity contribution in [3.63, 3.8) is 0 Å². The quantitative estimate of drug-likeness (QED) is 0.761. The lowest BCUT2D eigenvalue weighted by Gasteiger charge is -2.15. The first kappa shape index (κ1) is 10.0. The number of benzene rings is 1. The topological polar surface area (TPSA) is 40.5 Å². The zero-order valence-electron chi connectivity index (χ0n) is 8.86. The molecule has 1 aliphatic rings. The summed E-state index contributed by atoms with van der Waals surface area (Å²) in [5.41, 5.74) is 1.38. The van der Waals surface area contributed by atoms with E-state index in [2.05, 4.69) is 0 Å². The predicted molar refractivity (Wildman–Crippen MR) is 58.0 cm³/mol. The summed E-state index contributed by atoms with van der Waals surface area (Å²) >= 11 is 0. The molecule has 1 heterocycles. The lowest BCUT2D eigenvalue weighted by Crippen LogP contribution is -2.27. The Bertz CT molecular complexity index is 381. The largest absolute Gasteiger partial charge is 0.508 e. The fraction of sp³-hybridized carbons (Fsp3) is 0.417. The Morgan fingerprint density at radius 1 is 1.33 bits per heavy atom. The van der Waals surface area contributed by atoms with Gasteiger partial charge in [-0.25, -0.2) is 0 Å². The monoisotopic (exact) mass is 205 g/mol. The third-order valence-corrected chi connectivity index (χ3v) is 2.85. The molecular weight excluding hydrogens is 190 g/mol. The molecular formula is C12H15NO2. The van der Waals surface area contributed by atoms with Gasteiger partial charge in [-0.2, -0.15) is 0 Å². The van der Waals surface area contributed by atoms with Gasteiger partial charge in [0.1, 0.15) is 5.75 Å². The number of likely N-dealkylation sites (tertiary alicyclic amines) is 1. The van der Waals surface area contributed by atoms with Crippen LogP contribution >= 0.6 is 0 Å². The van der Waals surface area contributed by atoms with Crippen LogP contribution in [0.5, 0.6) is 5.75 Å². The second-order valence-corrected chi connectivity index (χ2v) is 4.00. The molecule has 0 radical (unpaired) electrons. The van der Waals surface area contributed by atoms with Gasteiger partial charge in [-0.3, -0.25) is 4.79 Å². The average Bonchev–Trinajstić information content (AvgIpc) is 2.74. The zero-order valence-corrected chi connectivity index (χ0v) is 8.86. The number of carbonyl (C=O) groups is 1. The minimum Gasteiger partial charge on any atom is -0.508 e. The van der Waals surface area contributed by atoms with Crippen molar-refractivity contribution in [1.82, 2.24) is 4.90 Å². The van der Waals surface area contributed by atoms with Gasteiger partial charge in [0.2, 0.25) is 0 Å². The number of aryl methyl sites for hydroxylation is 1. The van der Waals surface area contributed by atoms with Crippen molar-refractivity contribution < 1.29 is 9.90 Å². The number of aromatic hydroxyl groups is 1. The van der Waals surface area contributed by atoms with Gasteiger partial charge < -0.3 is 10.0 Å². The smallest absolute Gasteiger partial charge is 0.253 e. The maximum atomic E-state index is 11.9. The Hall–Kier alpha value is -1.51. The molecule has 80 valence electrons. The van der Waals surface area contributed by atoms with Crippen molar-refractivity contribution in [2.24, 2.45) is 0 Å². The van der Waals surface area contributed by atoms with Crippen LogP contribution in [0.3, 0.4) is 0 Å². The Labute approximate surface area is 89.3 Å². The van der Waals surface area contributed by atoms with Crippen molar-refractivity contribution in [3.8, 4) is 5.75 Å². The maximum Gasteiger partial charge on any atom is 0.253 e. The molecule has 2 rings (SSSR count). The van der Waals surface area contributed by atoms with E-state index < -0.39 is 0 Å². The Morgan fingerprint density at radius 3 is 2.60 bits per heavy atom. The Balaban J connectivity index is 2.21. The second kappa shape index (κ2) is 3.93. The summed E-state index contributed by atoms with van der Waals surface area (Å²) < 4.78 is 0. The van der Waals surface area contributed by atoms with Crippen LogP contribution in [0.4, 0.5) is 0 Å². The molecule has 1 aliphatic heterocycles. The van der Waals surface area contributed by atoms with E-state index in [1.807, 2.05) is 11.8 Å². The summed E-state index contributed by atoms with van der Waals surface area (Å²) in [5, 5.41) is 9.52. The highest BCUT2D eigenvalue weighted by Gasteiger charge is 2.19. The molecule has 1 aromatic carbocycles. The Kier molecular flexibility index (Phi) is 2.62. The highest BCUT2D eigenvalue weighted by atomic mass is 16.3. The number of amides is 1. The second-order valence-electron chi connectivity index (χ2n) is 4.00. The summed E-state index contributed by atoms with van der Waals surface area (Å²) in [6, 6.07) is 5.10. The number of hydrogen-bond donors (Lipinski definition) is 1. The third-order valence-electron chi connectivity index (χ3n) is 2.85. The van der Waals surface area contributed by atoms with Crippen LogP contribution < -0.4 is 0 Å². The van der Waals surface area contributed by atoms with E-state index in [0.717, 1.165) is 31.5 Å². The van der Waals surface area contributed by atoms with Crippen molar-refractivity contribution in [1.29, 1.82) is 0 Å². The maximum absolute atomic E-state index is 11.9. The van der Waals surface area contributed by atoms with Crippen LogP contribution in [-0.2, 0) is 0 Å². The van der Waals surface area contributed by atoms with Crippen LogP contribution in [0.15, 0.2) is 18.2 Å². The molecule has 0 bridgehead atoms. The number of carbonyl (C=O) groups excluding carboxylic acids is 1. The SMILES string of the molecule is Cc1ccc(C(=O)N2CCCC2)cc1O. The molecule has 1 saturated heterocycles. The van der Waals surface area contributed by atoms with Crippen molar-refractivity contribution in [2.45, 2.75) is 19.8 Å². The Morgan fingerprint density at radius 2 is 2.00 bits per heavy atom. The van der Waals surface area contributed by atoms with Gasteiger partial charge in [0.15, 0.2) is 0 Å². The van der Waals surface area contributed by atoms with Gasteiger partial charge in [-0.15, -0.1) is 0 Å². The van der Waals surface area contributed by atoms with Crippen molar-refractivity contribution in [2.75, 3.05) is 13.1 Å². The van der Waals surface area contributed by atoms with E-state index in [1.54, 1.807) is 18.2 Å². The summed E-state index contributed by atoms with van der Waals surface area (Å²) in [4.78, 5) is 13.8. The average molecular weight is 205 g/mol. The standard InChI is InChI=1S/C12H15NO2/c1-9-4-5-10(8-11(9)14)12(15)13-6-2-3-7-13/h4-5,8,14H,2-3,6-7H2,1H3. The van der Waals surface area contributed by atoms with E-state index in [1.165, 1.54) is 0 Å². The molecule has 3 nitrogen and oxygen atoms in total. The lowest BCUT2D eigenvalue weighted by molar-refractivity contribution is 0.0792. The van der Waals surface area contributed by atoms with Crippen molar-refractivity contribution >= 4 is 5.91 Å². The molecule has 3 heteroatoms.